The maximum Gasteiger partial charge on any atom is 0.0220 e. The molecule has 0 saturated heterocycles. The van der Waals surface area contributed by atoms with E-state index in [-0.39, 0.29) is 0 Å². The summed E-state index contributed by atoms with van der Waals surface area (Å²) in [4.78, 5) is 0. The molecular formula is C10H17N. The summed E-state index contributed by atoms with van der Waals surface area (Å²) in [5.74, 6) is 1.96. The third-order valence-electron chi connectivity index (χ3n) is 4.39. The summed E-state index contributed by atoms with van der Waals surface area (Å²) < 4.78 is 0. The molecule has 3 aliphatic carbocycles. The first-order chi connectivity index (χ1) is 5.14. The van der Waals surface area contributed by atoms with Gasteiger partial charge in [-0.2, -0.15) is 0 Å². The molecule has 0 radical (unpaired) electrons. The fraction of sp³-hybridized carbons (Fsp3) is 1.00. The van der Waals surface area contributed by atoms with E-state index in [4.69, 9.17) is 5.73 Å². The molecule has 0 aromatic rings. The zero-order valence-corrected chi connectivity index (χ0v) is 7.27. The van der Waals surface area contributed by atoms with Crippen LogP contribution in [0, 0.1) is 17.3 Å². The zero-order valence-electron chi connectivity index (χ0n) is 7.27. The second kappa shape index (κ2) is 1.52. The molecule has 0 aromatic carbocycles. The van der Waals surface area contributed by atoms with E-state index < -0.39 is 0 Å². The predicted molar refractivity (Wildman–Crippen MR) is 45.1 cm³/mol. The van der Waals surface area contributed by atoms with Crippen molar-refractivity contribution in [1.29, 1.82) is 0 Å². The van der Waals surface area contributed by atoms with E-state index in [0.717, 1.165) is 11.8 Å². The van der Waals surface area contributed by atoms with E-state index in [0.29, 0.717) is 11.0 Å². The number of fused-ring (bicyclic) bond motifs is 1. The monoisotopic (exact) mass is 151 g/mol. The molecule has 0 aliphatic heterocycles. The molecule has 1 spiro atoms. The zero-order chi connectivity index (χ0) is 7.69. The molecule has 11 heavy (non-hydrogen) atoms. The first-order valence-electron chi connectivity index (χ1n) is 4.93. The number of hydrogen-bond acceptors (Lipinski definition) is 1. The van der Waals surface area contributed by atoms with Gasteiger partial charge in [-0.1, -0.05) is 6.92 Å². The molecule has 62 valence electrons. The molecule has 3 aliphatic rings. The predicted octanol–water partition coefficient (Wildman–Crippen LogP) is 1.91. The van der Waals surface area contributed by atoms with Gasteiger partial charge >= 0.3 is 0 Å². The number of hydrogen-bond donors (Lipinski definition) is 1. The largest absolute Gasteiger partial charge is 0.325 e. The van der Waals surface area contributed by atoms with Crippen molar-refractivity contribution < 1.29 is 0 Å². The molecule has 1 heteroatoms. The molecule has 0 heterocycles. The Morgan fingerprint density at radius 1 is 1.27 bits per heavy atom. The Bertz CT molecular complexity index is 211. The van der Waals surface area contributed by atoms with Crippen LogP contribution in [0.1, 0.15) is 39.0 Å². The second-order valence-corrected chi connectivity index (χ2v) is 5.43. The Labute approximate surface area is 68.3 Å². The van der Waals surface area contributed by atoms with Crippen LogP contribution in [0.3, 0.4) is 0 Å². The van der Waals surface area contributed by atoms with Crippen molar-refractivity contribution in [1.82, 2.24) is 0 Å². The molecule has 0 amide bonds. The summed E-state index contributed by atoms with van der Waals surface area (Å²) in [6.07, 6.45) is 7.05. The molecule has 2 N–H and O–H groups in total. The van der Waals surface area contributed by atoms with Crippen LogP contribution in [0.5, 0.6) is 0 Å². The molecular weight excluding hydrogens is 134 g/mol. The Balaban J connectivity index is 1.95. The van der Waals surface area contributed by atoms with Crippen molar-refractivity contribution in [3.63, 3.8) is 0 Å². The molecule has 1 nitrogen and oxygen atoms in total. The minimum atomic E-state index is 0.322. The van der Waals surface area contributed by atoms with Crippen LogP contribution in [-0.4, -0.2) is 5.54 Å². The van der Waals surface area contributed by atoms with Gasteiger partial charge in [0.15, 0.2) is 0 Å². The lowest BCUT2D eigenvalue weighted by Crippen LogP contribution is -2.25. The van der Waals surface area contributed by atoms with Crippen molar-refractivity contribution in [2.45, 2.75) is 44.6 Å². The number of rotatable bonds is 0. The summed E-state index contributed by atoms with van der Waals surface area (Å²) in [5.41, 5.74) is 7.26. The van der Waals surface area contributed by atoms with E-state index in [1.807, 2.05) is 0 Å². The van der Waals surface area contributed by atoms with Crippen LogP contribution >= 0.6 is 0 Å². The minimum absolute atomic E-state index is 0.322. The maximum absolute atomic E-state index is 6.29. The molecule has 0 aromatic heterocycles. The van der Waals surface area contributed by atoms with Gasteiger partial charge in [0.1, 0.15) is 0 Å². The fourth-order valence-electron chi connectivity index (χ4n) is 4.11. The molecule has 4 atom stereocenters. The lowest BCUT2D eigenvalue weighted by molar-refractivity contribution is 0.230. The first-order valence-corrected chi connectivity index (χ1v) is 4.93. The summed E-state index contributed by atoms with van der Waals surface area (Å²) in [7, 11) is 0. The van der Waals surface area contributed by atoms with Crippen LogP contribution in [-0.2, 0) is 0 Å². The highest BCUT2D eigenvalue weighted by Crippen LogP contribution is 2.72. The smallest absolute Gasteiger partial charge is 0.0220 e. The standard InChI is InChI=1S/C10H17N/c1-7-2-8-4-9(3-7)6-10(9,11)5-8/h7-8H,2-6,11H2,1H3. The van der Waals surface area contributed by atoms with Crippen molar-refractivity contribution in [2.75, 3.05) is 0 Å². The highest BCUT2D eigenvalue weighted by Gasteiger charge is 2.71. The minimum Gasteiger partial charge on any atom is -0.325 e. The Hall–Kier alpha value is -0.0400. The third kappa shape index (κ3) is 0.618. The van der Waals surface area contributed by atoms with Crippen LogP contribution in [0.4, 0.5) is 0 Å². The van der Waals surface area contributed by atoms with Crippen molar-refractivity contribution in [3.05, 3.63) is 0 Å². The van der Waals surface area contributed by atoms with Crippen LogP contribution in [0.15, 0.2) is 0 Å². The average Bonchev–Trinajstić information content (AvgIpc) is 2.24. The normalized spacial score (nSPS) is 66.0. The summed E-state index contributed by atoms with van der Waals surface area (Å²) in [6.45, 7) is 2.40. The van der Waals surface area contributed by atoms with Crippen LogP contribution in [0.2, 0.25) is 0 Å². The van der Waals surface area contributed by atoms with E-state index in [9.17, 15) is 0 Å². The van der Waals surface area contributed by atoms with E-state index in [1.54, 1.807) is 0 Å². The lowest BCUT2D eigenvalue weighted by atomic mass is 9.77. The molecule has 3 rings (SSSR count). The van der Waals surface area contributed by atoms with Gasteiger partial charge in [0.25, 0.3) is 0 Å². The van der Waals surface area contributed by atoms with E-state index >= 15 is 0 Å². The quantitative estimate of drug-likeness (QED) is 0.562. The summed E-state index contributed by atoms with van der Waals surface area (Å²) in [6, 6.07) is 0. The molecule has 4 unspecified atom stereocenters. The van der Waals surface area contributed by atoms with E-state index in [2.05, 4.69) is 6.92 Å². The second-order valence-electron chi connectivity index (χ2n) is 5.43. The van der Waals surface area contributed by atoms with Crippen LogP contribution < -0.4 is 5.73 Å². The highest BCUT2D eigenvalue weighted by molar-refractivity contribution is 5.26. The number of nitrogens with two attached hydrogens (primary N) is 1. The van der Waals surface area contributed by atoms with Crippen LogP contribution in [0.25, 0.3) is 0 Å². The van der Waals surface area contributed by atoms with Crippen molar-refractivity contribution >= 4 is 0 Å². The molecule has 3 fully saturated rings. The Kier molecular flexibility index (Phi) is 0.893. The highest BCUT2D eigenvalue weighted by atomic mass is 15.0. The van der Waals surface area contributed by atoms with Crippen molar-refractivity contribution in [2.24, 2.45) is 23.0 Å². The Morgan fingerprint density at radius 2 is 2.09 bits per heavy atom. The van der Waals surface area contributed by atoms with Gasteiger partial charge in [0, 0.05) is 5.54 Å². The van der Waals surface area contributed by atoms with Gasteiger partial charge in [-0.25, -0.2) is 0 Å². The Morgan fingerprint density at radius 3 is 2.82 bits per heavy atom. The van der Waals surface area contributed by atoms with Gasteiger partial charge in [-0.05, 0) is 49.4 Å². The molecule has 3 saturated carbocycles. The van der Waals surface area contributed by atoms with E-state index in [1.165, 1.54) is 32.1 Å². The fourth-order valence-corrected chi connectivity index (χ4v) is 4.11. The van der Waals surface area contributed by atoms with Crippen molar-refractivity contribution in [3.8, 4) is 0 Å². The summed E-state index contributed by atoms with van der Waals surface area (Å²) in [5, 5.41) is 0. The van der Waals surface area contributed by atoms with Gasteiger partial charge < -0.3 is 5.73 Å². The molecule has 2 bridgehead atoms. The lowest BCUT2D eigenvalue weighted by Gasteiger charge is -2.27. The summed E-state index contributed by atoms with van der Waals surface area (Å²) >= 11 is 0. The van der Waals surface area contributed by atoms with Gasteiger partial charge in [-0.3, -0.25) is 0 Å². The topological polar surface area (TPSA) is 26.0 Å². The van der Waals surface area contributed by atoms with Gasteiger partial charge in [0.2, 0.25) is 0 Å². The average molecular weight is 151 g/mol. The first kappa shape index (κ1) is 6.47. The van der Waals surface area contributed by atoms with Gasteiger partial charge in [0.05, 0.1) is 0 Å². The third-order valence-corrected chi connectivity index (χ3v) is 4.39. The maximum atomic E-state index is 6.29. The SMILES string of the molecule is CC1CC2CC3(N)CC3(C1)C2. The van der Waals surface area contributed by atoms with Gasteiger partial charge in [-0.15, -0.1) is 0 Å².